The standard InChI is InChI=1S/C102H100BN3/c1-97(2,3)77-47-49-86-87-50-48-78(98(4,5)6)62-91(87)104(90(86)61-77)85-63-94-96-95(64-85)106(84-59-81(101(13,14)15)56-82(60-84)102(16,17)18)93-54-76(74-43-39-72(40-44-74)70-35-31-68(32-36-70)66-27-23-20-24-28-66)46-52-89(93)103(96)88-51-45-75(53-92(88)105(94)83-57-79(99(7,8)9)55-80(58-83)100(10,11)12)73-41-37-71(38-42-73)69-33-29-67(30-34-69)65-25-21-19-22-26-65/h19-64H,1-18H3. The van der Waals surface area contributed by atoms with Crippen molar-refractivity contribution in [2.24, 2.45) is 0 Å². The number of fused-ring (bicyclic) bond motifs is 7. The van der Waals surface area contributed by atoms with Gasteiger partial charge >= 0.3 is 0 Å². The zero-order chi connectivity index (χ0) is 74.3. The van der Waals surface area contributed by atoms with Gasteiger partial charge in [-0.05, 0) is 210 Å². The van der Waals surface area contributed by atoms with Crippen molar-refractivity contribution in [3.8, 4) is 72.4 Å². The van der Waals surface area contributed by atoms with Crippen molar-refractivity contribution < 1.29 is 0 Å². The number of rotatable bonds is 9. The highest BCUT2D eigenvalue weighted by atomic mass is 15.2. The van der Waals surface area contributed by atoms with Gasteiger partial charge in [-0.1, -0.05) is 343 Å². The second kappa shape index (κ2) is 25.5. The van der Waals surface area contributed by atoms with Gasteiger partial charge in [0.1, 0.15) is 0 Å². The van der Waals surface area contributed by atoms with Crippen molar-refractivity contribution in [2.45, 2.75) is 157 Å². The third-order valence-electron chi connectivity index (χ3n) is 22.7. The van der Waals surface area contributed by atoms with Crippen LogP contribution < -0.4 is 26.2 Å². The highest BCUT2D eigenvalue weighted by Gasteiger charge is 2.45. The molecule has 0 saturated heterocycles. The molecule has 2 aliphatic heterocycles. The summed E-state index contributed by atoms with van der Waals surface area (Å²) in [5.41, 5.74) is 35.7. The average Bonchev–Trinajstić information content (AvgIpc) is 0.893. The Morgan fingerprint density at radius 1 is 0.208 bits per heavy atom. The number of anilines is 6. The molecular formula is C102H100BN3. The van der Waals surface area contributed by atoms with E-state index in [2.05, 4.69) is 418 Å². The topological polar surface area (TPSA) is 11.4 Å². The third-order valence-corrected chi connectivity index (χ3v) is 22.7. The summed E-state index contributed by atoms with van der Waals surface area (Å²) in [7, 11) is 0. The number of hydrogen-bond acceptors (Lipinski definition) is 2. The van der Waals surface area contributed by atoms with Crippen LogP contribution in [0.2, 0.25) is 0 Å². The lowest BCUT2D eigenvalue weighted by molar-refractivity contribution is 0.568. The molecule has 14 aromatic rings. The fourth-order valence-electron chi connectivity index (χ4n) is 16.1. The van der Waals surface area contributed by atoms with E-state index in [4.69, 9.17) is 0 Å². The van der Waals surface area contributed by atoms with Crippen molar-refractivity contribution in [3.05, 3.63) is 312 Å². The van der Waals surface area contributed by atoms with E-state index in [9.17, 15) is 0 Å². The molecule has 3 heterocycles. The van der Waals surface area contributed by atoms with Gasteiger partial charge in [0, 0.05) is 44.9 Å². The lowest BCUT2D eigenvalue weighted by Crippen LogP contribution is -2.61. The molecule has 13 aromatic carbocycles. The second-order valence-electron chi connectivity index (χ2n) is 36.4. The van der Waals surface area contributed by atoms with E-state index in [1.54, 1.807) is 0 Å². The fourth-order valence-corrected chi connectivity index (χ4v) is 16.1. The molecule has 0 N–H and O–H groups in total. The van der Waals surface area contributed by atoms with Crippen molar-refractivity contribution in [3.63, 3.8) is 0 Å². The molecule has 0 fully saturated rings. The normalized spacial score (nSPS) is 13.3. The van der Waals surface area contributed by atoms with Gasteiger partial charge in [-0.15, -0.1) is 0 Å². The highest BCUT2D eigenvalue weighted by Crippen LogP contribution is 2.51. The molecule has 2 aliphatic rings. The van der Waals surface area contributed by atoms with Crippen LogP contribution in [0.3, 0.4) is 0 Å². The molecule has 0 amide bonds. The summed E-state index contributed by atoms with van der Waals surface area (Å²) in [4.78, 5) is 5.39. The molecule has 1 aromatic heterocycles. The number of aromatic nitrogens is 1. The van der Waals surface area contributed by atoms with Crippen LogP contribution in [0.5, 0.6) is 0 Å². The van der Waals surface area contributed by atoms with Crippen molar-refractivity contribution in [1.29, 1.82) is 0 Å². The summed E-state index contributed by atoms with van der Waals surface area (Å²) < 4.78 is 2.64. The minimum absolute atomic E-state index is 0.105. The van der Waals surface area contributed by atoms with Crippen molar-refractivity contribution >= 4 is 79.0 Å². The molecule has 16 rings (SSSR count). The molecule has 0 spiro atoms. The van der Waals surface area contributed by atoms with E-state index in [1.807, 2.05) is 0 Å². The molecule has 4 heteroatoms. The van der Waals surface area contributed by atoms with Gasteiger partial charge < -0.3 is 14.4 Å². The minimum Gasteiger partial charge on any atom is -0.311 e. The van der Waals surface area contributed by atoms with Gasteiger partial charge in [0.2, 0.25) is 0 Å². The van der Waals surface area contributed by atoms with E-state index in [0.29, 0.717) is 0 Å². The van der Waals surface area contributed by atoms with E-state index < -0.39 is 0 Å². The Balaban J connectivity index is 0.992. The first-order valence-electron chi connectivity index (χ1n) is 38.3. The SMILES string of the molecule is CC(C)(C)c1cc(N2c3cc(-c4ccc(-c5ccc(-c6ccccc6)cc5)cc4)ccc3B3c4ccc(-c5ccc(-c6ccc(-c7ccccc7)cc6)cc5)cc4N(c4cc(C(C)(C)C)cc(C(C)(C)C)c4)c4cc(-n5c6cc(C(C)(C)C)ccc6c6ccc(C(C)(C)C)cc65)cc2c43)cc(C(C)(C)C)c1. The van der Waals surface area contributed by atoms with E-state index in [-0.39, 0.29) is 39.2 Å². The van der Waals surface area contributed by atoms with Crippen molar-refractivity contribution in [2.75, 3.05) is 9.80 Å². The summed E-state index contributed by atoms with van der Waals surface area (Å²) >= 11 is 0. The molecule has 106 heavy (non-hydrogen) atoms. The van der Waals surface area contributed by atoms with Gasteiger partial charge in [0.15, 0.2) is 0 Å². The fraction of sp³-hybridized carbons (Fsp3) is 0.235. The first kappa shape index (κ1) is 69.7. The first-order valence-corrected chi connectivity index (χ1v) is 38.3. The lowest BCUT2D eigenvalue weighted by Gasteiger charge is -2.45. The van der Waals surface area contributed by atoms with E-state index in [0.717, 1.165) is 17.1 Å². The predicted molar refractivity (Wildman–Crippen MR) is 460 cm³/mol. The number of nitrogens with zero attached hydrogens (tertiary/aromatic N) is 3. The predicted octanol–water partition coefficient (Wildman–Crippen LogP) is 26.7. The van der Waals surface area contributed by atoms with E-state index >= 15 is 0 Å². The maximum absolute atomic E-state index is 2.69. The second-order valence-corrected chi connectivity index (χ2v) is 36.4. The van der Waals surface area contributed by atoms with Gasteiger partial charge in [-0.25, -0.2) is 0 Å². The zero-order valence-electron chi connectivity index (χ0n) is 65.5. The zero-order valence-corrected chi connectivity index (χ0v) is 65.5. The smallest absolute Gasteiger partial charge is 0.252 e. The lowest BCUT2D eigenvalue weighted by atomic mass is 9.33. The Bertz CT molecular complexity index is 5300. The number of benzene rings is 13. The maximum atomic E-state index is 2.69. The van der Waals surface area contributed by atoms with Crippen LogP contribution in [0, 0.1) is 0 Å². The van der Waals surface area contributed by atoms with E-state index in [1.165, 1.54) is 161 Å². The monoisotopic (exact) mass is 1380 g/mol. The largest absolute Gasteiger partial charge is 0.311 e. The maximum Gasteiger partial charge on any atom is 0.252 e. The van der Waals surface area contributed by atoms with Gasteiger partial charge in [-0.3, -0.25) is 0 Å². The molecule has 0 saturated carbocycles. The molecule has 526 valence electrons. The number of hydrogen-bond donors (Lipinski definition) is 0. The molecule has 0 bridgehead atoms. The molecular weight excluding hydrogens is 1280 g/mol. The molecule has 0 unspecified atom stereocenters. The van der Waals surface area contributed by atoms with Crippen LogP contribution >= 0.6 is 0 Å². The van der Waals surface area contributed by atoms with Gasteiger partial charge in [-0.2, -0.15) is 0 Å². The molecule has 0 aliphatic carbocycles. The Morgan fingerprint density at radius 2 is 0.472 bits per heavy atom. The van der Waals surface area contributed by atoms with Crippen LogP contribution in [0.25, 0.3) is 94.3 Å². The van der Waals surface area contributed by atoms with Crippen LogP contribution in [0.15, 0.2) is 279 Å². The van der Waals surface area contributed by atoms with Crippen LogP contribution in [0.4, 0.5) is 34.1 Å². The highest BCUT2D eigenvalue weighted by molar-refractivity contribution is 7.00. The van der Waals surface area contributed by atoms with Crippen molar-refractivity contribution in [1.82, 2.24) is 4.57 Å². The van der Waals surface area contributed by atoms with Crippen LogP contribution in [-0.4, -0.2) is 11.3 Å². The Labute approximate surface area is 631 Å². The Kier molecular flexibility index (Phi) is 16.8. The third kappa shape index (κ3) is 12.8. The minimum atomic E-state index is -0.166. The summed E-state index contributed by atoms with van der Waals surface area (Å²) in [5, 5.41) is 2.49. The Hall–Kier alpha value is -10.7. The summed E-state index contributed by atoms with van der Waals surface area (Å²) in [5.74, 6) is 0. The summed E-state index contributed by atoms with van der Waals surface area (Å²) in [6, 6.07) is 108. The van der Waals surface area contributed by atoms with Gasteiger partial charge in [0.25, 0.3) is 6.71 Å². The molecule has 0 atom stereocenters. The summed E-state index contributed by atoms with van der Waals surface area (Å²) in [6.07, 6.45) is 0. The van der Waals surface area contributed by atoms with Crippen LogP contribution in [-0.2, 0) is 32.5 Å². The first-order chi connectivity index (χ1) is 50.3. The average molecular weight is 1380 g/mol. The summed E-state index contributed by atoms with van der Waals surface area (Å²) in [6.45, 7) is 42.4. The van der Waals surface area contributed by atoms with Crippen LogP contribution in [0.1, 0.15) is 158 Å². The Morgan fingerprint density at radius 3 is 0.755 bits per heavy atom. The quantitative estimate of drug-likeness (QED) is 0.133. The molecule has 0 radical (unpaired) electrons. The van der Waals surface area contributed by atoms with Gasteiger partial charge in [0.05, 0.1) is 16.7 Å². The molecule has 3 nitrogen and oxygen atoms in total.